The number of nitrogen functional groups attached to an aromatic ring is 1. The van der Waals surface area contributed by atoms with Crippen LogP contribution < -0.4 is 11.3 Å². The summed E-state index contributed by atoms with van der Waals surface area (Å²) in [5.74, 6) is 0.180. The Morgan fingerprint density at radius 2 is 2.21 bits per heavy atom. The fourth-order valence-corrected chi connectivity index (χ4v) is 2.65. The lowest BCUT2D eigenvalue weighted by Crippen LogP contribution is -2.09. The molecule has 0 spiro atoms. The Morgan fingerprint density at radius 1 is 1.47 bits per heavy atom. The second kappa shape index (κ2) is 5.90. The SMILES string of the molecule is CC[C@H](O)c1ccccc1Sc1nc(N)cc(=O)[nH]1. The predicted octanol–water partition coefficient (Wildman–Crippen LogP) is 1.95. The number of nitrogens with two attached hydrogens (primary N) is 1. The molecule has 2 rings (SSSR count). The molecule has 0 aliphatic carbocycles. The Morgan fingerprint density at radius 3 is 2.89 bits per heavy atom. The normalized spacial score (nSPS) is 12.3. The first-order valence-corrected chi connectivity index (χ1v) is 6.73. The number of H-pyrrole nitrogens is 1. The fraction of sp³-hybridized carbons (Fsp3) is 0.231. The van der Waals surface area contributed by atoms with Crippen molar-refractivity contribution >= 4 is 17.6 Å². The van der Waals surface area contributed by atoms with Gasteiger partial charge in [-0.05, 0) is 18.1 Å². The number of rotatable bonds is 4. The van der Waals surface area contributed by atoms with Gasteiger partial charge in [-0.3, -0.25) is 4.79 Å². The summed E-state index contributed by atoms with van der Waals surface area (Å²) in [6, 6.07) is 8.71. The molecule has 1 aromatic carbocycles. The van der Waals surface area contributed by atoms with Gasteiger partial charge >= 0.3 is 0 Å². The Hall–Kier alpha value is -1.79. The molecule has 1 aromatic heterocycles. The van der Waals surface area contributed by atoms with Crippen LogP contribution in [0.5, 0.6) is 0 Å². The highest BCUT2D eigenvalue weighted by atomic mass is 32.2. The zero-order valence-electron chi connectivity index (χ0n) is 10.5. The average Bonchev–Trinajstić information content (AvgIpc) is 2.37. The van der Waals surface area contributed by atoms with E-state index in [0.717, 1.165) is 10.5 Å². The summed E-state index contributed by atoms with van der Waals surface area (Å²) >= 11 is 1.28. The smallest absolute Gasteiger partial charge is 0.253 e. The first kappa shape index (κ1) is 13.6. The van der Waals surface area contributed by atoms with Crippen molar-refractivity contribution in [1.29, 1.82) is 0 Å². The van der Waals surface area contributed by atoms with Gasteiger partial charge in [0, 0.05) is 11.0 Å². The number of aliphatic hydroxyl groups excluding tert-OH is 1. The molecule has 0 unspecified atom stereocenters. The molecule has 0 aliphatic rings. The van der Waals surface area contributed by atoms with E-state index in [2.05, 4.69) is 9.97 Å². The molecule has 0 fully saturated rings. The minimum absolute atomic E-state index is 0.180. The summed E-state index contributed by atoms with van der Waals surface area (Å²) in [7, 11) is 0. The lowest BCUT2D eigenvalue weighted by Gasteiger charge is -2.12. The van der Waals surface area contributed by atoms with Gasteiger partial charge in [-0.25, -0.2) is 4.98 Å². The third-order valence-corrected chi connectivity index (χ3v) is 3.59. The largest absolute Gasteiger partial charge is 0.388 e. The molecule has 19 heavy (non-hydrogen) atoms. The molecule has 5 nitrogen and oxygen atoms in total. The molecule has 0 amide bonds. The summed E-state index contributed by atoms with van der Waals surface area (Å²) in [5, 5.41) is 10.4. The van der Waals surface area contributed by atoms with Gasteiger partial charge in [0.25, 0.3) is 5.56 Å². The molecule has 0 saturated heterocycles. The molecule has 1 atom stereocenters. The highest BCUT2D eigenvalue weighted by Crippen LogP contribution is 2.32. The van der Waals surface area contributed by atoms with E-state index in [1.807, 2.05) is 31.2 Å². The highest BCUT2D eigenvalue weighted by Gasteiger charge is 2.12. The van der Waals surface area contributed by atoms with Crippen molar-refractivity contribution in [2.75, 3.05) is 5.73 Å². The summed E-state index contributed by atoms with van der Waals surface area (Å²) in [5.41, 5.74) is 6.07. The molecule has 2 aromatic rings. The second-order valence-corrected chi connectivity index (χ2v) is 5.07. The van der Waals surface area contributed by atoms with Crippen LogP contribution in [0.2, 0.25) is 0 Å². The third-order valence-electron chi connectivity index (χ3n) is 2.61. The van der Waals surface area contributed by atoms with E-state index in [4.69, 9.17) is 5.73 Å². The maximum atomic E-state index is 11.3. The van der Waals surface area contributed by atoms with E-state index >= 15 is 0 Å². The first-order chi connectivity index (χ1) is 9.10. The van der Waals surface area contributed by atoms with Crippen molar-refractivity contribution in [3.63, 3.8) is 0 Å². The quantitative estimate of drug-likeness (QED) is 0.743. The lowest BCUT2D eigenvalue weighted by atomic mass is 10.1. The van der Waals surface area contributed by atoms with Gasteiger partial charge in [-0.2, -0.15) is 0 Å². The van der Waals surface area contributed by atoms with Crippen molar-refractivity contribution in [2.24, 2.45) is 0 Å². The van der Waals surface area contributed by atoms with Gasteiger partial charge in [-0.1, -0.05) is 36.9 Å². The molecule has 4 N–H and O–H groups in total. The van der Waals surface area contributed by atoms with Crippen molar-refractivity contribution in [2.45, 2.75) is 29.5 Å². The molecule has 0 radical (unpaired) electrons. The van der Waals surface area contributed by atoms with E-state index in [1.165, 1.54) is 17.8 Å². The number of nitrogens with zero attached hydrogens (tertiary/aromatic N) is 1. The van der Waals surface area contributed by atoms with Gasteiger partial charge < -0.3 is 15.8 Å². The number of hydrogen-bond donors (Lipinski definition) is 3. The maximum Gasteiger partial charge on any atom is 0.253 e. The minimum Gasteiger partial charge on any atom is -0.388 e. The van der Waals surface area contributed by atoms with Crippen molar-refractivity contribution in [1.82, 2.24) is 9.97 Å². The van der Waals surface area contributed by atoms with Crippen molar-refractivity contribution < 1.29 is 5.11 Å². The lowest BCUT2D eigenvalue weighted by molar-refractivity contribution is 0.171. The summed E-state index contributed by atoms with van der Waals surface area (Å²) < 4.78 is 0. The monoisotopic (exact) mass is 277 g/mol. The number of aromatic amines is 1. The van der Waals surface area contributed by atoms with E-state index in [1.54, 1.807) is 0 Å². The van der Waals surface area contributed by atoms with Gasteiger partial charge in [0.05, 0.1) is 6.10 Å². The van der Waals surface area contributed by atoms with Crippen LogP contribution >= 0.6 is 11.8 Å². The van der Waals surface area contributed by atoms with Gasteiger partial charge in [0.15, 0.2) is 5.16 Å². The molecule has 0 bridgehead atoms. The molecule has 0 saturated carbocycles. The average molecular weight is 277 g/mol. The number of aromatic nitrogens is 2. The van der Waals surface area contributed by atoms with Crippen LogP contribution in [0.3, 0.4) is 0 Å². The predicted molar refractivity (Wildman–Crippen MR) is 75.1 cm³/mol. The van der Waals surface area contributed by atoms with E-state index in [9.17, 15) is 9.90 Å². The Labute approximate surface area is 114 Å². The summed E-state index contributed by atoms with van der Waals surface area (Å²) in [4.78, 5) is 18.9. The standard InChI is InChI=1S/C13H15N3O2S/c1-2-9(17)8-5-3-4-6-10(8)19-13-15-11(14)7-12(18)16-13/h3-7,9,17H,2H2,1H3,(H3,14,15,16,18)/t9-/m0/s1. The second-order valence-electron chi connectivity index (χ2n) is 4.04. The maximum absolute atomic E-state index is 11.3. The molecule has 100 valence electrons. The van der Waals surface area contributed by atoms with Crippen LogP contribution in [0.15, 0.2) is 45.2 Å². The van der Waals surface area contributed by atoms with Crippen LogP contribution in [-0.2, 0) is 0 Å². The molecule has 1 heterocycles. The van der Waals surface area contributed by atoms with E-state index in [0.29, 0.717) is 11.6 Å². The Balaban J connectivity index is 2.35. The van der Waals surface area contributed by atoms with Crippen LogP contribution in [0.4, 0.5) is 5.82 Å². The van der Waals surface area contributed by atoms with Crippen LogP contribution in [0.25, 0.3) is 0 Å². The zero-order chi connectivity index (χ0) is 13.8. The number of aliphatic hydroxyl groups is 1. The highest BCUT2D eigenvalue weighted by molar-refractivity contribution is 7.99. The molecular formula is C13H15N3O2S. The third kappa shape index (κ3) is 3.36. The van der Waals surface area contributed by atoms with Gasteiger partial charge in [0.2, 0.25) is 0 Å². The molecule has 0 aliphatic heterocycles. The Bertz CT molecular complexity index is 627. The molecule has 6 heteroatoms. The van der Waals surface area contributed by atoms with Crippen molar-refractivity contribution in [3.8, 4) is 0 Å². The van der Waals surface area contributed by atoms with Crippen LogP contribution in [-0.4, -0.2) is 15.1 Å². The number of nitrogens with one attached hydrogen (secondary N) is 1. The number of benzene rings is 1. The Kier molecular flexibility index (Phi) is 4.24. The molecular weight excluding hydrogens is 262 g/mol. The first-order valence-electron chi connectivity index (χ1n) is 5.92. The van der Waals surface area contributed by atoms with Crippen LogP contribution in [0.1, 0.15) is 25.0 Å². The van der Waals surface area contributed by atoms with Crippen LogP contribution in [0, 0.1) is 0 Å². The van der Waals surface area contributed by atoms with Crippen molar-refractivity contribution in [3.05, 3.63) is 46.2 Å². The summed E-state index contributed by atoms with van der Waals surface area (Å²) in [6.07, 6.45) is 0.0924. The van der Waals surface area contributed by atoms with E-state index in [-0.39, 0.29) is 11.4 Å². The number of anilines is 1. The topological polar surface area (TPSA) is 92.0 Å². The summed E-state index contributed by atoms with van der Waals surface area (Å²) in [6.45, 7) is 1.91. The minimum atomic E-state index is -0.531. The number of hydrogen-bond acceptors (Lipinski definition) is 5. The fourth-order valence-electron chi connectivity index (χ4n) is 1.67. The van der Waals surface area contributed by atoms with Gasteiger partial charge in [-0.15, -0.1) is 0 Å². The van der Waals surface area contributed by atoms with Gasteiger partial charge in [0.1, 0.15) is 5.82 Å². The zero-order valence-corrected chi connectivity index (χ0v) is 11.3. The van der Waals surface area contributed by atoms with E-state index < -0.39 is 6.10 Å².